The minimum Gasteiger partial charge on any atom is -0.325 e. The van der Waals surface area contributed by atoms with Crippen LogP contribution >= 0.6 is 11.3 Å². The fourth-order valence-electron chi connectivity index (χ4n) is 6.63. The van der Waals surface area contributed by atoms with Crippen molar-refractivity contribution in [1.82, 2.24) is 4.98 Å². The summed E-state index contributed by atoms with van der Waals surface area (Å²) in [6, 6.07) is 14.5. The fraction of sp³-hybridized carbons (Fsp3) is 0.440. The Balaban J connectivity index is 1.31. The van der Waals surface area contributed by atoms with Crippen LogP contribution in [-0.4, -0.2) is 10.9 Å². The number of anilines is 1. The van der Waals surface area contributed by atoms with E-state index in [-0.39, 0.29) is 11.3 Å². The van der Waals surface area contributed by atoms with E-state index in [0.717, 1.165) is 64.4 Å². The van der Waals surface area contributed by atoms with Gasteiger partial charge >= 0.3 is 0 Å². The molecule has 1 amide bonds. The largest absolute Gasteiger partial charge is 0.325 e. The molecule has 3 aromatic rings. The third kappa shape index (κ3) is 2.83. The van der Waals surface area contributed by atoms with Gasteiger partial charge in [0.05, 0.1) is 15.6 Å². The van der Waals surface area contributed by atoms with Gasteiger partial charge in [0.2, 0.25) is 5.91 Å². The van der Waals surface area contributed by atoms with Crippen molar-refractivity contribution in [2.45, 2.75) is 45.4 Å². The molecule has 4 aliphatic carbocycles. The minimum atomic E-state index is -0.118. The second-order valence-corrected chi connectivity index (χ2v) is 10.6. The van der Waals surface area contributed by atoms with Gasteiger partial charge in [0.15, 0.2) is 0 Å². The number of carbonyl (C=O) groups excluding carboxylic acids is 1. The lowest BCUT2D eigenvalue weighted by Gasteiger charge is -2.55. The van der Waals surface area contributed by atoms with Crippen molar-refractivity contribution in [1.29, 1.82) is 0 Å². The summed E-state index contributed by atoms with van der Waals surface area (Å²) in [4.78, 5) is 18.3. The van der Waals surface area contributed by atoms with Gasteiger partial charge in [0.1, 0.15) is 5.01 Å². The predicted molar refractivity (Wildman–Crippen MR) is 119 cm³/mol. The van der Waals surface area contributed by atoms with E-state index in [4.69, 9.17) is 4.98 Å². The number of nitrogens with one attached hydrogen (secondary N) is 1. The zero-order valence-corrected chi connectivity index (χ0v) is 17.6. The molecular weight excluding hydrogens is 376 g/mol. The first-order valence-electron chi connectivity index (χ1n) is 10.9. The van der Waals surface area contributed by atoms with Gasteiger partial charge in [0.25, 0.3) is 0 Å². The third-order valence-corrected chi connectivity index (χ3v) is 8.70. The molecule has 7 rings (SSSR count). The maximum Gasteiger partial charge on any atom is 0.230 e. The first-order chi connectivity index (χ1) is 14.1. The van der Waals surface area contributed by atoms with Crippen LogP contribution in [0.4, 0.5) is 5.69 Å². The van der Waals surface area contributed by atoms with Crippen molar-refractivity contribution < 1.29 is 4.79 Å². The van der Waals surface area contributed by atoms with Gasteiger partial charge in [-0.1, -0.05) is 24.3 Å². The number of para-hydroxylation sites is 1. The molecule has 0 aliphatic heterocycles. The number of aromatic nitrogens is 1. The minimum absolute atomic E-state index is 0.118. The van der Waals surface area contributed by atoms with Crippen LogP contribution in [-0.2, 0) is 4.79 Å². The van der Waals surface area contributed by atoms with Gasteiger partial charge in [-0.25, -0.2) is 4.98 Å². The Morgan fingerprint density at radius 3 is 2.38 bits per heavy atom. The van der Waals surface area contributed by atoms with Gasteiger partial charge in [0, 0.05) is 11.3 Å². The van der Waals surface area contributed by atoms with Crippen LogP contribution in [0.1, 0.15) is 44.1 Å². The molecule has 0 atom stereocenters. The Bertz CT molecular complexity index is 1050. The van der Waals surface area contributed by atoms with E-state index in [0.29, 0.717) is 0 Å². The summed E-state index contributed by atoms with van der Waals surface area (Å²) in [5.41, 5.74) is 4.10. The average Bonchev–Trinajstić information content (AvgIpc) is 3.12. The summed E-state index contributed by atoms with van der Waals surface area (Å²) in [7, 11) is 0. The van der Waals surface area contributed by atoms with Crippen LogP contribution in [0.25, 0.3) is 20.8 Å². The van der Waals surface area contributed by atoms with Crippen molar-refractivity contribution in [3.63, 3.8) is 0 Å². The van der Waals surface area contributed by atoms with Crippen LogP contribution in [0.2, 0.25) is 0 Å². The molecule has 2 aromatic carbocycles. The number of hydrogen-bond donors (Lipinski definition) is 1. The number of nitrogens with zero attached hydrogens (tertiary/aromatic N) is 1. The molecule has 0 radical (unpaired) electrons. The Kier molecular flexibility index (Phi) is 3.89. The molecule has 4 fully saturated rings. The van der Waals surface area contributed by atoms with Gasteiger partial charge in [-0.3, -0.25) is 4.79 Å². The van der Waals surface area contributed by atoms with Gasteiger partial charge in [-0.2, -0.15) is 0 Å². The van der Waals surface area contributed by atoms with E-state index in [9.17, 15) is 4.79 Å². The van der Waals surface area contributed by atoms with E-state index in [1.165, 1.54) is 24.0 Å². The number of hydrogen-bond acceptors (Lipinski definition) is 3. The van der Waals surface area contributed by atoms with E-state index in [1.54, 1.807) is 11.3 Å². The molecule has 0 spiro atoms. The summed E-state index contributed by atoms with van der Waals surface area (Å²) < 4.78 is 1.20. The Labute approximate surface area is 175 Å². The lowest BCUT2D eigenvalue weighted by atomic mass is 9.49. The molecule has 4 heteroatoms. The van der Waals surface area contributed by atoms with Gasteiger partial charge < -0.3 is 5.32 Å². The first kappa shape index (κ1) is 17.6. The summed E-state index contributed by atoms with van der Waals surface area (Å²) in [5.74, 6) is 2.60. The van der Waals surface area contributed by atoms with Crippen LogP contribution in [0.3, 0.4) is 0 Å². The van der Waals surface area contributed by atoms with Crippen LogP contribution in [0.15, 0.2) is 42.5 Å². The highest BCUT2D eigenvalue weighted by Gasteiger charge is 2.54. The van der Waals surface area contributed by atoms with Crippen molar-refractivity contribution in [3.05, 3.63) is 48.0 Å². The molecule has 148 valence electrons. The van der Waals surface area contributed by atoms with Crippen molar-refractivity contribution in [3.8, 4) is 10.6 Å². The average molecular weight is 403 g/mol. The molecule has 1 N–H and O–H groups in total. The summed E-state index contributed by atoms with van der Waals surface area (Å²) >= 11 is 1.72. The maximum atomic E-state index is 13.5. The van der Waals surface area contributed by atoms with E-state index in [2.05, 4.69) is 36.5 Å². The van der Waals surface area contributed by atoms with Gasteiger partial charge in [-0.15, -0.1) is 11.3 Å². The zero-order valence-electron chi connectivity index (χ0n) is 16.8. The molecule has 29 heavy (non-hydrogen) atoms. The van der Waals surface area contributed by atoms with Crippen LogP contribution < -0.4 is 5.32 Å². The lowest BCUT2D eigenvalue weighted by Crippen LogP contribution is -2.51. The summed E-state index contributed by atoms with van der Waals surface area (Å²) in [5, 5.41) is 4.37. The molecular formula is C25H26N2OS. The highest BCUT2D eigenvalue weighted by molar-refractivity contribution is 7.21. The quantitative estimate of drug-likeness (QED) is 0.549. The van der Waals surface area contributed by atoms with E-state index >= 15 is 0 Å². The van der Waals surface area contributed by atoms with Crippen molar-refractivity contribution in [2.75, 3.05) is 5.32 Å². The molecule has 3 nitrogen and oxygen atoms in total. The van der Waals surface area contributed by atoms with Crippen LogP contribution in [0, 0.1) is 30.1 Å². The van der Waals surface area contributed by atoms with Crippen molar-refractivity contribution in [2.24, 2.45) is 23.2 Å². The second kappa shape index (κ2) is 6.40. The second-order valence-electron chi connectivity index (χ2n) is 9.62. The monoisotopic (exact) mass is 402 g/mol. The van der Waals surface area contributed by atoms with E-state index < -0.39 is 0 Å². The fourth-order valence-corrected chi connectivity index (χ4v) is 7.68. The summed E-state index contributed by atoms with van der Waals surface area (Å²) in [6.45, 7) is 2.11. The molecule has 1 aromatic heterocycles. The Morgan fingerprint density at radius 2 is 1.69 bits per heavy atom. The van der Waals surface area contributed by atoms with Gasteiger partial charge in [-0.05, 0) is 87.0 Å². The highest BCUT2D eigenvalue weighted by atomic mass is 32.1. The number of amides is 1. The standard InChI is InChI=1S/C25H26N2OS/c1-15-19(23-26-21-6-2-3-8-22(21)29-23)5-4-7-20(15)27-24(28)25-12-16-9-17(13-25)11-18(10-16)14-25/h2-8,16-18H,9-14H2,1H3,(H,27,28). The Hall–Kier alpha value is -2.20. The highest BCUT2D eigenvalue weighted by Crippen LogP contribution is 2.60. The third-order valence-electron chi connectivity index (χ3n) is 7.63. The summed E-state index contributed by atoms with van der Waals surface area (Å²) in [6.07, 6.45) is 7.38. The normalized spacial score (nSPS) is 30.0. The Morgan fingerprint density at radius 1 is 1.00 bits per heavy atom. The topological polar surface area (TPSA) is 42.0 Å². The number of thiazole rings is 1. The number of benzene rings is 2. The number of rotatable bonds is 3. The molecule has 4 aliphatic rings. The van der Waals surface area contributed by atoms with Crippen LogP contribution in [0.5, 0.6) is 0 Å². The molecule has 4 saturated carbocycles. The smallest absolute Gasteiger partial charge is 0.230 e. The van der Waals surface area contributed by atoms with E-state index in [1.807, 2.05) is 18.2 Å². The molecule has 0 saturated heterocycles. The molecule has 1 heterocycles. The van der Waals surface area contributed by atoms with Crippen molar-refractivity contribution >= 4 is 33.1 Å². The number of carbonyl (C=O) groups is 1. The first-order valence-corrected chi connectivity index (χ1v) is 11.7. The number of fused-ring (bicyclic) bond motifs is 1. The SMILES string of the molecule is Cc1c(NC(=O)C23CC4CC(CC(C4)C2)C3)cccc1-c1nc2ccccc2s1. The lowest BCUT2D eigenvalue weighted by molar-refractivity contribution is -0.140. The maximum absolute atomic E-state index is 13.5. The predicted octanol–water partition coefficient (Wildman–Crippen LogP) is 6.43. The zero-order chi connectivity index (χ0) is 19.6. The molecule has 4 bridgehead atoms. The molecule has 0 unspecified atom stereocenters.